The normalized spacial score (nSPS) is 12.9. The number of aliphatic hydroxyl groups is 2. The first-order valence-electron chi connectivity index (χ1n) is 27.6. The van der Waals surface area contributed by atoms with Crippen molar-refractivity contribution in [3.05, 3.63) is 24.3 Å². The van der Waals surface area contributed by atoms with Gasteiger partial charge >= 0.3 is 0 Å². The molecule has 2 unspecified atom stereocenters. The van der Waals surface area contributed by atoms with E-state index < -0.39 is 12.1 Å². The molecule has 0 spiro atoms. The molecule has 1 amide bonds. The van der Waals surface area contributed by atoms with Gasteiger partial charge in [0.15, 0.2) is 0 Å². The summed E-state index contributed by atoms with van der Waals surface area (Å²) in [5.74, 6) is -0.0692. The molecule has 4 nitrogen and oxygen atoms in total. The van der Waals surface area contributed by atoms with Crippen molar-refractivity contribution in [1.29, 1.82) is 0 Å². The average molecular weight is 844 g/mol. The Morgan fingerprint density at radius 2 is 0.650 bits per heavy atom. The van der Waals surface area contributed by atoms with Crippen LogP contribution >= 0.6 is 0 Å². The van der Waals surface area contributed by atoms with E-state index in [1.807, 2.05) is 6.08 Å². The third-order valence-corrected chi connectivity index (χ3v) is 12.9. The molecule has 0 bridgehead atoms. The summed E-state index contributed by atoms with van der Waals surface area (Å²) in [4.78, 5) is 12.4. The number of unbranched alkanes of at least 4 members (excludes halogenated alkanes) is 42. The minimum absolute atomic E-state index is 0.0692. The minimum atomic E-state index is -0.859. The van der Waals surface area contributed by atoms with E-state index in [0.29, 0.717) is 6.42 Å². The second-order valence-corrected chi connectivity index (χ2v) is 19.0. The fraction of sp³-hybridized carbons (Fsp3) is 0.911. The summed E-state index contributed by atoms with van der Waals surface area (Å²) < 4.78 is 0. The van der Waals surface area contributed by atoms with Crippen molar-refractivity contribution in [3.63, 3.8) is 0 Å². The van der Waals surface area contributed by atoms with Crippen LogP contribution in [0.5, 0.6) is 0 Å². The number of aliphatic hydroxyl groups excluding tert-OH is 2. The third-order valence-electron chi connectivity index (χ3n) is 12.9. The summed E-state index contributed by atoms with van der Waals surface area (Å²) in [6, 6.07) is -0.635. The maximum Gasteiger partial charge on any atom is 0.220 e. The van der Waals surface area contributed by atoms with E-state index in [2.05, 4.69) is 31.3 Å². The SMILES string of the molecule is CCCCCCCCCCCCCCCCCCCCCCCCCCCCC/C=C/CC/C=C/C(O)C(CO)NC(=O)CCCCCCCCCCCCCCCCC. The van der Waals surface area contributed by atoms with E-state index in [4.69, 9.17) is 0 Å². The zero-order chi connectivity index (χ0) is 43.5. The lowest BCUT2D eigenvalue weighted by atomic mass is 10.0. The smallest absolute Gasteiger partial charge is 0.220 e. The van der Waals surface area contributed by atoms with E-state index in [0.717, 1.165) is 32.1 Å². The minimum Gasteiger partial charge on any atom is -0.394 e. The Kier molecular flexibility index (Phi) is 51.2. The van der Waals surface area contributed by atoms with Crippen molar-refractivity contribution in [1.82, 2.24) is 5.32 Å². The number of carbonyl (C=O) groups is 1. The molecule has 3 N–H and O–H groups in total. The summed E-state index contributed by atoms with van der Waals surface area (Å²) in [7, 11) is 0. The van der Waals surface area contributed by atoms with Gasteiger partial charge in [0.25, 0.3) is 0 Å². The Bertz CT molecular complexity index is 871. The van der Waals surface area contributed by atoms with Gasteiger partial charge in [0.1, 0.15) is 0 Å². The second kappa shape index (κ2) is 52.2. The number of allylic oxidation sites excluding steroid dienone is 3. The molecule has 0 aliphatic carbocycles. The van der Waals surface area contributed by atoms with Crippen molar-refractivity contribution >= 4 is 5.91 Å². The van der Waals surface area contributed by atoms with Gasteiger partial charge in [0.2, 0.25) is 5.91 Å². The molecule has 0 saturated carbocycles. The van der Waals surface area contributed by atoms with Gasteiger partial charge in [-0.05, 0) is 32.1 Å². The Balaban J connectivity index is 3.46. The quantitative estimate of drug-likeness (QED) is 0.0422. The predicted molar refractivity (Wildman–Crippen MR) is 267 cm³/mol. The van der Waals surface area contributed by atoms with Crippen LogP contribution in [0.1, 0.15) is 309 Å². The van der Waals surface area contributed by atoms with Crippen molar-refractivity contribution in [3.8, 4) is 0 Å². The van der Waals surface area contributed by atoms with Crippen LogP contribution in [0.15, 0.2) is 24.3 Å². The summed E-state index contributed by atoms with van der Waals surface area (Å²) in [5, 5.41) is 23.1. The molecule has 0 aromatic heterocycles. The van der Waals surface area contributed by atoms with Gasteiger partial charge in [-0.25, -0.2) is 0 Å². The monoisotopic (exact) mass is 844 g/mol. The lowest BCUT2D eigenvalue weighted by Crippen LogP contribution is -2.45. The number of hydrogen-bond donors (Lipinski definition) is 3. The maximum absolute atomic E-state index is 12.4. The molecule has 0 fully saturated rings. The molecular weight excluding hydrogens is 735 g/mol. The first-order valence-corrected chi connectivity index (χ1v) is 27.6. The van der Waals surface area contributed by atoms with Crippen LogP contribution in [0.2, 0.25) is 0 Å². The lowest BCUT2D eigenvalue weighted by Gasteiger charge is -2.19. The van der Waals surface area contributed by atoms with Crippen molar-refractivity contribution in [2.75, 3.05) is 6.61 Å². The lowest BCUT2D eigenvalue weighted by molar-refractivity contribution is -0.123. The van der Waals surface area contributed by atoms with Gasteiger partial charge in [-0.2, -0.15) is 0 Å². The predicted octanol–water partition coefficient (Wildman–Crippen LogP) is 17.9. The molecule has 0 heterocycles. The van der Waals surface area contributed by atoms with Gasteiger partial charge in [0.05, 0.1) is 18.8 Å². The molecule has 0 rings (SSSR count). The topological polar surface area (TPSA) is 69.6 Å². The highest BCUT2D eigenvalue weighted by molar-refractivity contribution is 5.76. The van der Waals surface area contributed by atoms with Crippen LogP contribution in [-0.4, -0.2) is 34.9 Å². The van der Waals surface area contributed by atoms with Crippen molar-refractivity contribution < 1.29 is 15.0 Å². The van der Waals surface area contributed by atoms with Crippen molar-refractivity contribution in [2.45, 2.75) is 321 Å². The highest BCUT2D eigenvalue weighted by Crippen LogP contribution is 2.17. The van der Waals surface area contributed by atoms with Crippen LogP contribution in [-0.2, 0) is 4.79 Å². The van der Waals surface area contributed by atoms with Crippen LogP contribution in [0.3, 0.4) is 0 Å². The van der Waals surface area contributed by atoms with E-state index in [1.165, 1.54) is 257 Å². The molecule has 0 aliphatic rings. The fourth-order valence-corrected chi connectivity index (χ4v) is 8.73. The van der Waals surface area contributed by atoms with Gasteiger partial charge in [-0.3, -0.25) is 4.79 Å². The number of hydrogen-bond acceptors (Lipinski definition) is 3. The molecule has 0 aromatic rings. The second-order valence-electron chi connectivity index (χ2n) is 19.0. The van der Waals surface area contributed by atoms with Crippen LogP contribution in [0.4, 0.5) is 0 Å². The molecule has 0 aliphatic heterocycles. The first-order chi connectivity index (χ1) is 29.7. The molecule has 356 valence electrons. The van der Waals surface area contributed by atoms with E-state index >= 15 is 0 Å². The van der Waals surface area contributed by atoms with Crippen LogP contribution in [0.25, 0.3) is 0 Å². The van der Waals surface area contributed by atoms with Crippen LogP contribution in [0, 0.1) is 0 Å². The summed E-state index contributed by atoms with van der Waals surface area (Å²) in [6.07, 6.45) is 69.2. The Morgan fingerprint density at radius 1 is 0.383 bits per heavy atom. The number of carbonyl (C=O) groups excluding carboxylic acids is 1. The first kappa shape index (κ1) is 58.9. The standard InChI is InChI=1S/C56H109NO3/c1-3-5-7-9-11-13-15-17-19-20-21-22-23-24-25-26-27-28-29-30-31-32-33-34-35-36-38-39-41-43-45-47-49-51-55(59)54(53-58)57-56(60)52-50-48-46-44-42-40-37-18-16-14-12-10-8-6-4-2/h41,43,49,51,54-55,58-59H,3-40,42,44-48,50,52-53H2,1-2H3,(H,57,60)/b43-41+,51-49+. The average Bonchev–Trinajstić information content (AvgIpc) is 3.25. The number of amides is 1. The summed E-state index contributed by atoms with van der Waals surface area (Å²) in [6.45, 7) is 4.33. The Morgan fingerprint density at radius 3 is 0.967 bits per heavy atom. The van der Waals surface area contributed by atoms with Gasteiger partial charge in [-0.15, -0.1) is 0 Å². The van der Waals surface area contributed by atoms with E-state index in [1.54, 1.807) is 6.08 Å². The van der Waals surface area contributed by atoms with E-state index in [-0.39, 0.29) is 12.5 Å². The van der Waals surface area contributed by atoms with Gasteiger partial charge < -0.3 is 15.5 Å². The van der Waals surface area contributed by atoms with Crippen molar-refractivity contribution in [2.24, 2.45) is 0 Å². The molecule has 4 heteroatoms. The summed E-state index contributed by atoms with van der Waals surface area (Å²) >= 11 is 0. The molecule has 0 aromatic carbocycles. The third kappa shape index (κ3) is 47.9. The molecule has 0 radical (unpaired) electrons. The number of nitrogens with one attached hydrogen (secondary N) is 1. The Hall–Kier alpha value is -1.13. The molecule has 60 heavy (non-hydrogen) atoms. The zero-order valence-electron chi connectivity index (χ0n) is 41.0. The maximum atomic E-state index is 12.4. The highest BCUT2D eigenvalue weighted by Gasteiger charge is 2.18. The molecular formula is C56H109NO3. The van der Waals surface area contributed by atoms with Gasteiger partial charge in [0, 0.05) is 6.42 Å². The zero-order valence-corrected chi connectivity index (χ0v) is 41.0. The Labute approximate surface area is 377 Å². The van der Waals surface area contributed by atoms with Crippen LogP contribution < -0.4 is 5.32 Å². The molecule has 2 atom stereocenters. The largest absolute Gasteiger partial charge is 0.394 e. The summed E-state index contributed by atoms with van der Waals surface area (Å²) in [5.41, 5.74) is 0. The fourth-order valence-electron chi connectivity index (χ4n) is 8.73. The molecule has 0 saturated heterocycles. The van der Waals surface area contributed by atoms with E-state index in [9.17, 15) is 15.0 Å². The van der Waals surface area contributed by atoms with Gasteiger partial charge in [-0.1, -0.05) is 295 Å². The number of rotatable bonds is 51. The highest BCUT2D eigenvalue weighted by atomic mass is 16.3.